The summed E-state index contributed by atoms with van der Waals surface area (Å²) in [4.78, 5) is 12.2. The van der Waals surface area contributed by atoms with Gasteiger partial charge in [0.25, 0.3) is 0 Å². The van der Waals surface area contributed by atoms with Crippen LogP contribution in [0.1, 0.15) is 37.7 Å². The Labute approximate surface area is 137 Å². The highest BCUT2D eigenvalue weighted by molar-refractivity contribution is 5.79. The molecule has 2 aliphatic rings. The maximum atomic E-state index is 12.2. The zero-order chi connectivity index (χ0) is 16.1. The molecule has 1 saturated carbocycles. The number of amides is 1. The normalized spacial score (nSPS) is 21.3. The average molecular weight is 318 g/mol. The summed E-state index contributed by atoms with van der Waals surface area (Å²) in [6, 6.07) is 5.86. The molecule has 1 saturated heterocycles. The van der Waals surface area contributed by atoms with Crippen molar-refractivity contribution in [2.75, 3.05) is 20.2 Å². The summed E-state index contributed by atoms with van der Waals surface area (Å²) in [5.41, 5.74) is 0.982. The SMILES string of the molecule is COc1cccc(CNC(=O)C2CCNC2)c1OC1CCCC1. The summed E-state index contributed by atoms with van der Waals surface area (Å²) < 4.78 is 11.7. The van der Waals surface area contributed by atoms with Crippen molar-refractivity contribution in [1.82, 2.24) is 10.6 Å². The average Bonchev–Trinajstić information content (AvgIpc) is 3.27. The highest BCUT2D eigenvalue weighted by Crippen LogP contribution is 2.34. The second-order valence-electron chi connectivity index (χ2n) is 6.38. The van der Waals surface area contributed by atoms with Gasteiger partial charge in [0.15, 0.2) is 11.5 Å². The Hall–Kier alpha value is -1.75. The molecule has 23 heavy (non-hydrogen) atoms. The third-order valence-electron chi connectivity index (χ3n) is 4.75. The van der Waals surface area contributed by atoms with Crippen LogP contribution in [0.15, 0.2) is 18.2 Å². The van der Waals surface area contributed by atoms with Gasteiger partial charge in [0.1, 0.15) is 0 Å². The molecule has 0 spiro atoms. The Morgan fingerprint density at radius 3 is 2.83 bits per heavy atom. The van der Waals surface area contributed by atoms with Crippen molar-refractivity contribution in [1.29, 1.82) is 0 Å². The first-order valence-electron chi connectivity index (χ1n) is 8.59. The van der Waals surface area contributed by atoms with Crippen molar-refractivity contribution in [3.8, 4) is 11.5 Å². The van der Waals surface area contributed by atoms with Crippen molar-refractivity contribution in [3.05, 3.63) is 23.8 Å². The van der Waals surface area contributed by atoms with E-state index >= 15 is 0 Å². The maximum Gasteiger partial charge on any atom is 0.224 e. The number of carbonyl (C=O) groups is 1. The van der Waals surface area contributed by atoms with E-state index in [1.807, 2.05) is 18.2 Å². The predicted molar refractivity (Wildman–Crippen MR) is 88.7 cm³/mol. The van der Waals surface area contributed by atoms with Crippen LogP contribution in [0.25, 0.3) is 0 Å². The number of hydrogen-bond donors (Lipinski definition) is 2. The maximum absolute atomic E-state index is 12.2. The van der Waals surface area contributed by atoms with Crippen LogP contribution >= 0.6 is 0 Å². The van der Waals surface area contributed by atoms with Gasteiger partial charge in [-0.25, -0.2) is 0 Å². The van der Waals surface area contributed by atoms with Crippen molar-refractivity contribution >= 4 is 5.91 Å². The first kappa shape index (κ1) is 16.1. The number of methoxy groups -OCH3 is 1. The Kier molecular flexibility index (Phi) is 5.39. The standard InChI is InChI=1S/C18H26N2O3/c1-22-16-8-4-5-13(17(16)23-15-6-2-3-7-15)12-20-18(21)14-9-10-19-11-14/h4-5,8,14-15,19H,2-3,6-7,9-12H2,1H3,(H,20,21). The molecule has 1 aromatic carbocycles. The number of benzene rings is 1. The molecule has 2 N–H and O–H groups in total. The molecule has 1 aromatic rings. The third kappa shape index (κ3) is 3.96. The first-order chi connectivity index (χ1) is 11.3. The second-order valence-corrected chi connectivity index (χ2v) is 6.38. The van der Waals surface area contributed by atoms with E-state index in [-0.39, 0.29) is 17.9 Å². The summed E-state index contributed by atoms with van der Waals surface area (Å²) in [5.74, 6) is 1.72. The fourth-order valence-corrected chi connectivity index (χ4v) is 3.37. The van der Waals surface area contributed by atoms with Gasteiger partial charge in [-0.1, -0.05) is 12.1 Å². The van der Waals surface area contributed by atoms with E-state index < -0.39 is 0 Å². The van der Waals surface area contributed by atoms with E-state index in [1.54, 1.807) is 7.11 Å². The predicted octanol–water partition coefficient (Wildman–Crippen LogP) is 2.24. The van der Waals surface area contributed by atoms with Gasteiger partial charge in [0.2, 0.25) is 5.91 Å². The fraction of sp³-hybridized carbons (Fsp3) is 0.611. The van der Waals surface area contributed by atoms with Crippen molar-refractivity contribution < 1.29 is 14.3 Å². The second kappa shape index (κ2) is 7.68. The van der Waals surface area contributed by atoms with Gasteiger partial charge in [0.05, 0.1) is 19.1 Å². The lowest BCUT2D eigenvalue weighted by atomic mass is 10.1. The first-order valence-corrected chi connectivity index (χ1v) is 8.59. The molecule has 3 rings (SSSR count). The minimum absolute atomic E-state index is 0.0832. The van der Waals surface area contributed by atoms with Crippen molar-refractivity contribution in [2.45, 2.75) is 44.8 Å². The monoisotopic (exact) mass is 318 g/mol. The lowest BCUT2D eigenvalue weighted by molar-refractivity contribution is -0.124. The molecule has 1 aliphatic heterocycles. The van der Waals surface area contributed by atoms with Gasteiger partial charge >= 0.3 is 0 Å². The number of ether oxygens (including phenoxy) is 2. The Morgan fingerprint density at radius 1 is 1.30 bits per heavy atom. The summed E-state index contributed by atoms with van der Waals surface area (Å²) >= 11 is 0. The molecule has 5 nitrogen and oxygen atoms in total. The highest BCUT2D eigenvalue weighted by atomic mass is 16.5. The van der Waals surface area contributed by atoms with Crippen LogP contribution in [0.5, 0.6) is 11.5 Å². The van der Waals surface area contributed by atoms with Gasteiger partial charge in [-0.15, -0.1) is 0 Å². The third-order valence-corrected chi connectivity index (χ3v) is 4.75. The molecule has 126 valence electrons. The quantitative estimate of drug-likeness (QED) is 0.844. The molecular weight excluding hydrogens is 292 g/mol. The zero-order valence-electron chi connectivity index (χ0n) is 13.8. The van der Waals surface area contributed by atoms with Crippen molar-refractivity contribution in [2.24, 2.45) is 5.92 Å². The van der Waals surface area contributed by atoms with Gasteiger partial charge in [-0.2, -0.15) is 0 Å². The summed E-state index contributed by atoms with van der Waals surface area (Å²) in [6.07, 6.45) is 5.81. The van der Waals surface area contributed by atoms with Gasteiger partial charge in [-0.05, 0) is 44.7 Å². The molecule has 1 aliphatic carbocycles. The summed E-state index contributed by atoms with van der Waals surface area (Å²) in [7, 11) is 1.66. The van der Waals surface area contributed by atoms with Crippen molar-refractivity contribution in [3.63, 3.8) is 0 Å². The van der Waals surface area contributed by atoms with E-state index in [0.717, 1.165) is 49.4 Å². The number of rotatable bonds is 6. The lowest BCUT2D eigenvalue weighted by Crippen LogP contribution is -2.31. The smallest absolute Gasteiger partial charge is 0.224 e. The van der Waals surface area contributed by atoms with E-state index in [2.05, 4.69) is 10.6 Å². The molecule has 0 bridgehead atoms. The molecule has 1 heterocycles. The lowest BCUT2D eigenvalue weighted by Gasteiger charge is -2.20. The van der Waals surface area contributed by atoms with Crippen LogP contribution in [0.3, 0.4) is 0 Å². The molecule has 5 heteroatoms. The Morgan fingerprint density at radius 2 is 2.13 bits per heavy atom. The number of carbonyl (C=O) groups excluding carboxylic acids is 1. The number of nitrogens with one attached hydrogen (secondary N) is 2. The largest absolute Gasteiger partial charge is 0.493 e. The molecule has 1 unspecified atom stereocenters. The summed E-state index contributed by atoms with van der Waals surface area (Å²) in [5, 5.41) is 6.27. The molecule has 1 atom stereocenters. The highest BCUT2D eigenvalue weighted by Gasteiger charge is 2.24. The topological polar surface area (TPSA) is 59.6 Å². The van der Waals surface area contributed by atoms with E-state index in [1.165, 1.54) is 12.8 Å². The van der Waals surface area contributed by atoms with Crippen LogP contribution < -0.4 is 20.1 Å². The van der Waals surface area contributed by atoms with Gasteiger partial charge in [0, 0.05) is 18.7 Å². The van der Waals surface area contributed by atoms with Gasteiger partial charge < -0.3 is 20.1 Å². The molecule has 2 fully saturated rings. The summed E-state index contributed by atoms with van der Waals surface area (Å²) in [6.45, 7) is 2.18. The van der Waals surface area contributed by atoms with Gasteiger partial charge in [-0.3, -0.25) is 4.79 Å². The number of hydrogen-bond acceptors (Lipinski definition) is 4. The molecule has 1 amide bonds. The van der Waals surface area contributed by atoms with Crippen LogP contribution in [-0.2, 0) is 11.3 Å². The Balaban J connectivity index is 1.68. The van der Waals surface area contributed by atoms with E-state index in [0.29, 0.717) is 6.54 Å². The minimum Gasteiger partial charge on any atom is -0.493 e. The van der Waals surface area contributed by atoms with Crippen LogP contribution in [0, 0.1) is 5.92 Å². The van der Waals surface area contributed by atoms with E-state index in [9.17, 15) is 4.79 Å². The van der Waals surface area contributed by atoms with Crippen LogP contribution in [0.2, 0.25) is 0 Å². The zero-order valence-corrected chi connectivity index (χ0v) is 13.8. The minimum atomic E-state index is 0.0832. The van der Waals surface area contributed by atoms with E-state index in [4.69, 9.17) is 9.47 Å². The fourth-order valence-electron chi connectivity index (χ4n) is 3.37. The molecule has 0 aromatic heterocycles. The van der Waals surface area contributed by atoms with Crippen LogP contribution in [0.4, 0.5) is 0 Å². The number of para-hydroxylation sites is 1. The molecule has 0 radical (unpaired) electrons. The molecular formula is C18H26N2O3. The Bertz CT molecular complexity index is 535. The van der Waals surface area contributed by atoms with Crippen LogP contribution in [-0.4, -0.2) is 32.2 Å².